The number of carbonyl (C=O) groups is 2. The normalized spacial score (nSPS) is 37.0. The second kappa shape index (κ2) is 4.67. The number of hydrogen-bond donors (Lipinski definition) is 1. The van der Waals surface area contributed by atoms with Gasteiger partial charge in [0.25, 0.3) is 0 Å². The molecule has 2 fully saturated rings. The van der Waals surface area contributed by atoms with E-state index in [1.807, 2.05) is 18.7 Å². The van der Waals surface area contributed by atoms with Crippen molar-refractivity contribution in [3.63, 3.8) is 0 Å². The number of piperazine rings is 1. The fraction of sp³-hybridized carbons (Fsp3) is 0.846. The van der Waals surface area contributed by atoms with Crippen molar-refractivity contribution < 1.29 is 9.59 Å². The Labute approximate surface area is 103 Å². The molecule has 2 aliphatic rings. The molecule has 0 aromatic heterocycles. The molecular formula is C13H22N2O2. The van der Waals surface area contributed by atoms with Crippen LogP contribution in [0.2, 0.25) is 0 Å². The topological polar surface area (TPSA) is 49.4 Å². The van der Waals surface area contributed by atoms with E-state index in [1.165, 1.54) is 0 Å². The van der Waals surface area contributed by atoms with E-state index >= 15 is 0 Å². The molecule has 0 radical (unpaired) electrons. The minimum atomic E-state index is -0.289. The maximum atomic E-state index is 12.4. The number of hydrogen-bond acceptors (Lipinski definition) is 2. The van der Waals surface area contributed by atoms with Crippen molar-refractivity contribution in [1.82, 2.24) is 10.2 Å². The number of nitrogens with zero attached hydrogens (tertiary/aromatic N) is 1. The Hall–Kier alpha value is -1.06. The van der Waals surface area contributed by atoms with E-state index in [-0.39, 0.29) is 23.9 Å². The van der Waals surface area contributed by atoms with E-state index in [2.05, 4.69) is 12.2 Å². The van der Waals surface area contributed by atoms with Crippen molar-refractivity contribution in [2.24, 2.45) is 5.92 Å². The summed E-state index contributed by atoms with van der Waals surface area (Å²) in [4.78, 5) is 26.2. The Morgan fingerprint density at radius 2 is 2.00 bits per heavy atom. The van der Waals surface area contributed by atoms with Gasteiger partial charge in [0, 0.05) is 6.04 Å². The molecule has 4 heteroatoms. The van der Waals surface area contributed by atoms with Crippen molar-refractivity contribution in [2.45, 2.75) is 64.6 Å². The highest BCUT2D eigenvalue weighted by Crippen LogP contribution is 2.38. The molecule has 2 rings (SSSR count). The van der Waals surface area contributed by atoms with E-state index in [9.17, 15) is 9.59 Å². The zero-order valence-corrected chi connectivity index (χ0v) is 10.9. The number of amides is 2. The van der Waals surface area contributed by atoms with E-state index in [0.29, 0.717) is 18.4 Å². The van der Waals surface area contributed by atoms with Crippen molar-refractivity contribution in [3.8, 4) is 0 Å². The van der Waals surface area contributed by atoms with Gasteiger partial charge >= 0.3 is 0 Å². The summed E-state index contributed by atoms with van der Waals surface area (Å²) in [6, 6.07) is -0.230. The lowest BCUT2D eigenvalue weighted by Crippen LogP contribution is -2.63. The van der Waals surface area contributed by atoms with Crippen molar-refractivity contribution in [3.05, 3.63) is 0 Å². The Bertz CT molecular complexity index is 329. The van der Waals surface area contributed by atoms with Crippen LogP contribution in [0.5, 0.6) is 0 Å². The Morgan fingerprint density at radius 1 is 1.35 bits per heavy atom. The summed E-state index contributed by atoms with van der Waals surface area (Å²) in [6.07, 6.45) is 3.42. The summed E-state index contributed by atoms with van der Waals surface area (Å²) >= 11 is 0. The molecule has 4 atom stereocenters. The van der Waals surface area contributed by atoms with Crippen LogP contribution in [0.15, 0.2) is 0 Å². The quantitative estimate of drug-likeness (QED) is 0.802. The van der Waals surface area contributed by atoms with Crippen molar-refractivity contribution >= 4 is 11.8 Å². The fourth-order valence-electron chi connectivity index (χ4n) is 2.74. The van der Waals surface area contributed by atoms with Gasteiger partial charge in [-0.25, -0.2) is 0 Å². The molecule has 1 N–H and O–H groups in total. The highest BCUT2D eigenvalue weighted by Gasteiger charge is 2.49. The first-order chi connectivity index (χ1) is 8.10. The third kappa shape index (κ3) is 2.17. The summed E-state index contributed by atoms with van der Waals surface area (Å²) < 4.78 is 0. The zero-order chi connectivity index (χ0) is 12.6. The highest BCUT2D eigenvalue weighted by atomic mass is 16.2. The van der Waals surface area contributed by atoms with Crippen LogP contribution in [0.1, 0.15) is 46.5 Å². The molecule has 1 heterocycles. The van der Waals surface area contributed by atoms with Crippen LogP contribution in [0.4, 0.5) is 0 Å². The lowest BCUT2D eigenvalue weighted by molar-refractivity contribution is -0.150. The summed E-state index contributed by atoms with van der Waals surface area (Å²) in [7, 11) is 0. The third-order valence-corrected chi connectivity index (χ3v) is 3.90. The molecule has 96 valence electrons. The number of rotatable bonds is 4. The van der Waals surface area contributed by atoms with Crippen LogP contribution in [-0.2, 0) is 9.59 Å². The average Bonchev–Trinajstić information content (AvgIpc) is 3.00. The largest absolute Gasteiger partial charge is 0.343 e. The van der Waals surface area contributed by atoms with Gasteiger partial charge in [-0.3, -0.25) is 9.59 Å². The van der Waals surface area contributed by atoms with Crippen LogP contribution in [-0.4, -0.2) is 34.8 Å². The Balaban J connectivity index is 2.17. The maximum absolute atomic E-state index is 12.4. The van der Waals surface area contributed by atoms with Gasteiger partial charge in [0.05, 0.1) is 0 Å². The summed E-state index contributed by atoms with van der Waals surface area (Å²) in [5.74, 6) is 0.721. The van der Waals surface area contributed by atoms with Gasteiger partial charge in [-0.1, -0.05) is 27.2 Å². The number of nitrogens with one attached hydrogen (secondary N) is 1. The summed E-state index contributed by atoms with van der Waals surface area (Å²) in [6.45, 7) is 6.15. The average molecular weight is 238 g/mol. The Kier molecular flexibility index (Phi) is 3.40. The second-order valence-electron chi connectivity index (χ2n) is 5.30. The standard InChI is InChI=1S/C13H22N2O2/c1-4-6-9-13(17)15(11-7-8(11)3)10(5-2)12(16)14-9/h8-11H,4-7H2,1-3H3,(H,14,16). The lowest BCUT2D eigenvalue weighted by atomic mass is 10.0. The zero-order valence-electron chi connectivity index (χ0n) is 10.9. The molecular weight excluding hydrogens is 216 g/mol. The fourth-order valence-corrected chi connectivity index (χ4v) is 2.74. The molecule has 4 nitrogen and oxygen atoms in total. The van der Waals surface area contributed by atoms with Crippen molar-refractivity contribution in [2.75, 3.05) is 0 Å². The molecule has 0 aromatic rings. The first-order valence-corrected chi connectivity index (χ1v) is 6.72. The highest BCUT2D eigenvalue weighted by molar-refractivity contribution is 5.97. The van der Waals surface area contributed by atoms with Crippen molar-refractivity contribution in [1.29, 1.82) is 0 Å². The van der Waals surface area contributed by atoms with Gasteiger partial charge in [-0.05, 0) is 25.2 Å². The van der Waals surface area contributed by atoms with Crippen LogP contribution in [0, 0.1) is 5.92 Å². The minimum Gasteiger partial charge on any atom is -0.343 e. The van der Waals surface area contributed by atoms with E-state index in [0.717, 1.165) is 19.3 Å². The summed E-state index contributed by atoms with van der Waals surface area (Å²) in [5, 5.41) is 2.87. The second-order valence-corrected chi connectivity index (χ2v) is 5.30. The number of carbonyl (C=O) groups excluding carboxylic acids is 2. The van der Waals surface area contributed by atoms with Crippen LogP contribution >= 0.6 is 0 Å². The third-order valence-electron chi connectivity index (χ3n) is 3.90. The lowest BCUT2D eigenvalue weighted by Gasteiger charge is -2.39. The molecule has 2 amide bonds. The molecule has 1 saturated heterocycles. The SMILES string of the molecule is CCCC1NC(=O)C(CC)N(C2CC2C)C1=O. The first kappa shape index (κ1) is 12.4. The van der Waals surface area contributed by atoms with Gasteiger partial charge in [0.1, 0.15) is 12.1 Å². The molecule has 17 heavy (non-hydrogen) atoms. The Morgan fingerprint density at radius 3 is 2.47 bits per heavy atom. The molecule has 0 spiro atoms. The van der Waals surface area contributed by atoms with E-state index in [1.54, 1.807) is 0 Å². The van der Waals surface area contributed by atoms with Gasteiger partial charge < -0.3 is 10.2 Å². The maximum Gasteiger partial charge on any atom is 0.246 e. The molecule has 1 saturated carbocycles. The monoisotopic (exact) mass is 238 g/mol. The molecule has 4 unspecified atom stereocenters. The molecule has 0 aromatic carbocycles. The molecule has 1 aliphatic carbocycles. The summed E-state index contributed by atoms with van der Waals surface area (Å²) in [5.41, 5.74) is 0. The van der Waals surface area contributed by atoms with Crippen LogP contribution < -0.4 is 5.32 Å². The van der Waals surface area contributed by atoms with Gasteiger partial charge in [-0.15, -0.1) is 0 Å². The van der Waals surface area contributed by atoms with E-state index in [4.69, 9.17) is 0 Å². The van der Waals surface area contributed by atoms with Gasteiger partial charge in [0.2, 0.25) is 11.8 Å². The van der Waals surface area contributed by atoms with Gasteiger partial charge in [0.15, 0.2) is 0 Å². The molecule has 0 bridgehead atoms. The van der Waals surface area contributed by atoms with E-state index < -0.39 is 0 Å². The smallest absolute Gasteiger partial charge is 0.246 e. The first-order valence-electron chi connectivity index (χ1n) is 6.72. The minimum absolute atomic E-state index is 0.0321. The van der Waals surface area contributed by atoms with Gasteiger partial charge in [-0.2, -0.15) is 0 Å². The molecule has 1 aliphatic heterocycles. The predicted molar refractivity (Wildman–Crippen MR) is 65.3 cm³/mol. The predicted octanol–water partition coefficient (Wildman–Crippen LogP) is 1.30. The van der Waals surface area contributed by atoms with Crippen LogP contribution in [0.25, 0.3) is 0 Å². The van der Waals surface area contributed by atoms with Crippen LogP contribution in [0.3, 0.4) is 0 Å².